The molecule has 3 nitrogen and oxygen atoms in total. The summed E-state index contributed by atoms with van der Waals surface area (Å²) in [6, 6.07) is 28.4. The van der Waals surface area contributed by atoms with Crippen molar-refractivity contribution in [1.82, 2.24) is 0 Å². The minimum Gasteiger partial charge on any atom is -0.343 e. The molecule has 2 aliphatic heterocycles. The summed E-state index contributed by atoms with van der Waals surface area (Å²) in [5.74, 6) is -0.209. The molecule has 164 valence electrons. The third kappa shape index (κ3) is 3.80. The largest absolute Gasteiger partial charge is 0.343 e. The second kappa shape index (κ2) is 8.31. The third-order valence-corrected chi connectivity index (χ3v) is 6.64. The highest BCUT2D eigenvalue weighted by molar-refractivity contribution is 5.90. The van der Waals surface area contributed by atoms with Crippen LogP contribution in [0.4, 0.5) is 0 Å². The smallest absolute Gasteiger partial charge is 0.206 e. The van der Waals surface area contributed by atoms with Crippen LogP contribution in [0.1, 0.15) is 56.5 Å². The number of nitrogens with zero attached hydrogens (tertiary/aromatic N) is 1. The van der Waals surface area contributed by atoms with Gasteiger partial charge in [-0.2, -0.15) is 0 Å². The van der Waals surface area contributed by atoms with Crippen LogP contribution >= 0.6 is 0 Å². The Labute approximate surface area is 191 Å². The molecule has 0 aromatic heterocycles. The lowest BCUT2D eigenvalue weighted by atomic mass is 9.88. The Morgan fingerprint density at radius 1 is 0.844 bits per heavy atom. The van der Waals surface area contributed by atoms with Crippen LogP contribution < -0.4 is 0 Å². The van der Waals surface area contributed by atoms with E-state index in [2.05, 4.69) is 104 Å². The van der Waals surface area contributed by atoms with E-state index in [1.54, 1.807) is 0 Å². The topological polar surface area (TPSA) is 21.5 Å². The average Bonchev–Trinajstić information content (AvgIpc) is 2.94. The van der Waals surface area contributed by atoms with E-state index < -0.39 is 5.79 Å². The molecule has 3 aromatic rings. The Morgan fingerprint density at radius 3 is 2.25 bits per heavy atom. The van der Waals surface area contributed by atoms with E-state index >= 15 is 0 Å². The van der Waals surface area contributed by atoms with Crippen LogP contribution in [0.15, 0.2) is 78.9 Å². The predicted molar refractivity (Wildman–Crippen MR) is 129 cm³/mol. The standard InChI is InChI=1S/C29H32NO2/c1-20(2)27-25-17-11-10-16-24(25)23-15-9-8-14-22(23)18-30(27)26-19-31-29(3,4)32-28(26)21-12-6-5-7-13-21/h5-18,20,26-28H,19H2,1-4H3/q+1/t26-,27+,28-/m0/s1. The van der Waals surface area contributed by atoms with Gasteiger partial charge in [-0.1, -0.05) is 86.6 Å². The molecule has 0 radical (unpaired) electrons. The van der Waals surface area contributed by atoms with Gasteiger partial charge >= 0.3 is 0 Å². The minimum absolute atomic E-state index is 0.0528. The molecule has 0 spiro atoms. The van der Waals surface area contributed by atoms with Gasteiger partial charge in [-0.15, -0.1) is 0 Å². The molecule has 0 aliphatic carbocycles. The highest BCUT2D eigenvalue weighted by Gasteiger charge is 2.47. The van der Waals surface area contributed by atoms with Gasteiger partial charge in [0.05, 0.1) is 0 Å². The zero-order valence-corrected chi connectivity index (χ0v) is 19.4. The van der Waals surface area contributed by atoms with Crippen LogP contribution in [0.25, 0.3) is 11.1 Å². The van der Waals surface area contributed by atoms with Gasteiger partial charge in [-0.05, 0) is 36.6 Å². The van der Waals surface area contributed by atoms with Gasteiger partial charge in [-0.25, -0.2) is 4.58 Å². The molecule has 3 atom stereocenters. The van der Waals surface area contributed by atoms with Crippen molar-refractivity contribution < 1.29 is 14.0 Å². The maximum absolute atomic E-state index is 6.59. The zero-order chi connectivity index (χ0) is 22.3. The third-order valence-electron chi connectivity index (χ3n) is 6.64. The monoisotopic (exact) mass is 426 g/mol. The molecular weight excluding hydrogens is 394 g/mol. The molecule has 0 unspecified atom stereocenters. The van der Waals surface area contributed by atoms with E-state index in [-0.39, 0.29) is 18.2 Å². The van der Waals surface area contributed by atoms with Gasteiger partial charge in [0, 0.05) is 17.0 Å². The van der Waals surface area contributed by atoms with Crippen LogP contribution in [0.3, 0.4) is 0 Å². The fourth-order valence-corrected chi connectivity index (χ4v) is 5.23. The second-order valence-corrected chi connectivity index (χ2v) is 9.67. The van der Waals surface area contributed by atoms with Gasteiger partial charge in [0.15, 0.2) is 18.0 Å². The number of benzene rings is 3. The summed E-state index contributed by atoms with van der Waals surface area (Å²) in [6.45, 7) is 9.25. The van der Waals surface area contributed by atoms with Crippen molar-refractivity contribution in [3.05, 3.63) is 95.6 Å². The van der Waals surface area contributed by atoms with Gasteiger partial charge in [-0.3, -0.25) is 0 Å². The summed E-state index contributed by atoms with van der Waals surface area (Å²) >= 11 is 0. The average molecular weight is 427 g/mol. The van der Waals surface area contributed by atoms with E-state index in [9.17, 15) is 0 Å². The number of rotatable bonds is 3. The van der Waals surface area contributed by atoms with Crippen LogP contribution in [0.5, 0.6) is 0 Å². The SMILES string of the molecule is CC(C)[C@@H]1c2ccccc2-c2ccccc2C=[N+]1[C@H]1COC(C)(C)O[C@H]1c1ccccc1. The maximum Gasteiger partial charge on any atom is 0.206 e. The fraction of sp³-hybridized carbons (Fsp3) is 0.345. The Hall–Kier alpha value is -2.75. The Bertz CT molecular complexity index is 1130. The summed E-state index contributed by atoms with van der Waals surface area (Å²) in [4.78, 5) is 0. The van der Waals surface area contributed by atoms with Crippen molar-refractivity contribution in [1.29, 1.82) is 0 Å². The first-order chi connectivity index (χ1) is 15.4. The number of hydrogen-bond donors (Lipinski definition) is 0. The Balaban J connectivity index is 1.71. The summed E-state index contributed by atoms with van der Waals surface area (Å²) in [5.41, 5.74) is 6.39. The predicted octanol–water partition coefficient (Wildman–Crippen LogP) is 6.39. The quantitative estimate of drug-likeness (QED) is 0.453. The molecule has 1 saturated heterocycles. The molecule has 0 saturated carbocycles. The van der Waals surface area contributed by atoms with Crippen LogP contribution in [-0.4, -0.2) is 29.2 Å². The van der Waals surface area contributed by atoms with Crippen LogP contribution in [-0.2, 0) is 9.47 Å². The van der Waals surface area contributed by atoms with E-state index in [1.165, 1.54) is 27.8 Å². The van der Waals surface area contributed by atoms with Crippen molar-refractivity contribution in [2.45, 2.75) is 51.7 Å². The van der Waals surface area contributed by atoms with Gasteiger partial charge in [0.25, 0.3) is 0 Å². The lowest BCUT2D eigenvalue weighted by molar-refractivity contribution is -0.635. The normalized spacial score (nSPS) is 24.3. The molecule has 1 fully saturated rings. The summed E-state index contributed by atoms with van der Waals surface area (Å²) in [5, 5.41) is 0. The van der Waals surface area contributed by atoms with E-state index in [1.807, 2.05) is 13.8 Å². The minimum atomic E-state index is -0.619. The molecule has 0 bridgehead atoms. The number of ether oxygens (including phenoxy) is 2. The molecular formula is C29H32NO2+. The van der Waals surface area contributed by atoms with Crippen molar-refractivity contribution in [3.63, 3.8) is 0 Å². The highest BCUT2D eigenvalue weighted by Crippen LogP contribution is 2.42. The van der Waals surface area contributed by atoms with E-state index in [0.29, 0.717) is 12.5 Å². The molecule has 5 rings (SSSR count). The first-order valence-corrected chi connectivity index (χ1v) is 11.6. The highest BCUT2D eigenvalue weighted by atomic mass is 16.7. The molecule has 3 heteroatoms. The summed E-state index contributed by atoms with van der Waals surface area (Å²) < 4.78 is 15.3. The van der Waals surface area contributed by atoms with Crippen LogP contribution in [0, 0.1) is 5.92 Å². The summed E-state index contributed by atoms with van der Waals surface area (Å²) in [6.07, 6.45) is 2.25. The lowest BCUT2D eigenvalue weighted by Gasteiger charge is -2.40. The Morgan fingerprint density at radius 2 is 1.50 bits per heavy atom. The second-order valence-electron chi connectivity index (χ2n) is 9.67. The van der Waals surface area contributed by atoms with Crippen molar-refractivity contribution in [2.24, 2.45) is 5.92 Å². The van der Waals surface area contributed by atoms with Crippen molar-refractivity contribution in [3.8, 4) is 11.1 Å². The van der Waals surface area contributed by atoms with E-state index in [0.717, 1.165) is 0 Å². The van der Waals surface area contributed by atoms with Gasteiger partial charge < -0.3 is 9.47 Å². The zero-order valence-electron chi connectivity index (χ0n) is 19.4. The first-order valence-electron chi connectivity index (χ1n) is 11.6. The van der Waals surface area contributed by atoms with E-state index in [4.69, 9.17) is 9.47 Å². The van der Waals surface area contributed by atoms with Gasteiger partial charge in [0.2, 0.25) is 6.04 Å². The molecule has 0 N–H and O–H groups in total. The van der Waals surface area contributed by atoms with Crippen molar-refractivity contribution >= 4 is 6.21 Å². The molecule has 2 heterocycles. The molecule has 32 heavy (non-hydrogen) atoms. The molecule has 2 aliphatic rings. The Kier molecular flexibility index (Phi) is 5.48. The van der Waals surface area contributed by atoms with Crippen molar-refractivity contribution in [2.75, 3.05) is 6.61 Å². The fourth-order valence-electron chi connectivity index (χ4n) is 5.23. The number of hydrogen-bond acceptors (Lipinski definition) is 2. The number of fused-ring (bicyclic) bond motifs is 3. The van der Waals surface area contributed by atoms with Crippen LogP contribution in [0.2, 0.25) is 0 Å². The molecule has 3 aromatic carbocycles. The van der Waals surface area contributed by atoms with Gasteiger partial charge in [0.1, 0.15) is 12.7 Å². The molecule has 0 amide bonds. The lowest BCUT2D eigenvalue weighted by Crippen LogP contribution is -2.50. The maximum atomic E-state index is 6.59. The summed E-state index contributed by atoms with van der Waals surface area (Å²) in [7, 11) is 0. The first kappa shape index (κ1) is 21.1.